The van der Waals surface area contributed by atoms with Crippen molar-refractivity contribution in [1.29, 1.82) is 0 Å². The van der Waals surface area contributed by atoms with Crippen molar-refractivity contribution in [3.8, 4) is 0 Å². The third-order valence-corrected chi connectivity index (χ3v) is 9.12. The number of aryl methyl sites for hydroxylation is 1. The van der Waals surface area contributed by atoms with Gasteiger partial charge >= 0.3 is 0 Å². The summed E-state index contributed by atoms with van der Waals surface area (Å²) in [6.45, 7) is 11.7. The maximum Gasteiger partial charge on any atom is 0.224 e. The SMILES string of the molecule is C=C(CN1CCCC1)C(=O)CC[C@@H](NC(=O)[C@@H](CC(C)=O)Cc1nc2ccc(CC)cc2s1)C1CCOCC1. The van der Waals surface area contributed by atoms with Crippen LogP contribution in [0.2, 0.25) is 0 Å². The summed E-state index contributed by atoms with van der Waals surface area (Å²) in [5, 5.41) is 4.14. The molecule has 2 saturated heterocycles. The summed E-state index contributed by atoms with van der Waals surface area (Å²) in [7, 11) is 0. The summed E-state index contributed by atoms with van der Waals surface area (Å²) in [5.74, 6) is -0.305. The van der Waals surface area contributed by atoms with Crippen molar-refractivity contribution in [2.24, 2.45) is 11.8 Å². The third-order valence-electron chi connectivity index (χ3n) is 8.08. The Morgan fingerprint density at radius 3 is 2.64 bits per heavy atom. The number of likely N-dealkylation sites (tertiary alicyclic amines) is 1. The van der Waals surface area contributed by atoms with E-state index in [0.29, 0.717) is 44.6 Å². The zero-order valence-corrected chi connectivity index (χ0v) is 24.3. The molecule has 2 aromatic rings. The van der Waals surface area contributed by atoms with Crippen LogP contribution in [0, 0.1) is 11.8 Å². The summed E-state index contributed by atoms with van der Waals surface area (Å²) < 4.78 is 6.68. The molecule has 2 fully saturated rings. The molecule has 39 heavy (non-hydrogen) atoms. The van der Waals surface area contributed by atoms with Gasteiger partial charge in [-0.1, -0.05) is 19.6 Å². The molecule has 0 unspecified atom stereocenters. The molecule has 2 aliphatic heterocycles. The zero-order chi connectivity index (χ0) is 27.8. The highest BCUT2D eigenvalue weighted by Gasteiger charge is 2.30. The molecule has 2 atom stereocenters. The molecule has 1 N–H and O–H groups in total. The summed E-state index contributed by atoms with van der Waals surface area (Å²) in [6.07, 6.45) is 6.55. The summed E-state index contributed by atoms with van der Waals surface area (Å²) in [6, 6.07) is 6.14. The van der Waals surface area contributed by atoms with Crippen LogP contribution < -0.4 is 5.32 Å². The molecular formula is C31H43N3O4S. The Morgan fingerprint density at radius 1 is 1.21 bits per heavy atom. The number of hydrogen-bond acceptors (Lipinski definition) is 7. The number of amides is 1. The smallest absolute Gasteiger partial charge is 0.224 e. The standard InChI is InChI=1S/C31H43N3O4S/c1-4-23-7-8-27-29(18-23)39-30(32-27)19-25(17-22(3)35)31(37)33-26(24-11-15-38-16-12-24)9-10-28(36)21(2)20-34-13-5-6-14-34/h7-8,18,24-26H,2,4-6,9-17,19-20H2,1,3H3,(H,33,37)/t25-,26+/m0/s1. The lowest BCUT2D eigenvalue weighted by molar-refractivity contribution is -0.130. The lowest BCUT2D eigenvalue weighted by atomic mass is 9.87. The number of ether oxygens (including phenoxy) is 1. The molecule has 0 spiro atoms. The second-order valence-corrected chi connectivity index (χ2v) is 12.3. The molecular weight excluding hydrogens is 510 g/mol. The van der Waals surface area contributed by atoms with E-state index < -0.39 is 5.92 Å². The minimum atomic E-state index is -0.489. The second-order valence-electron chi connectivity index (χ2n) is 11.2. The number of rotatable bonds is 14. The van der Waals surface area contributed by atoms with Crippen LogP contribution in [0.3, 0.4) is 0 Å². The highest BCUT2D eigenvalue weighted by atomic mass is 32.1. The van der Waals surface area contributed by atoms with E-state index in [9.17, 15) is 14.4 Å². The fourth-order valence-corrected chi connectivity index (χ4v) is 6.86. The first-order valence-electron chi connectivity index (χ1n) is 14.5. The quantitative estimate of drug-likeness (QED) is 0.335. The van der Waals surface area contributed by atoms with Gasteiger partial charge in [0.25, 0.3) is 0 Å². The molecule has 1 aromatic heterocycles. The molecule has 0 bridgehead atoms. The summed E-state index contributed by atoms with van der Waals surface area (Å²) in [5.41, 5.74) is 2.85. The van der Waals surface area contributed by atoms with Crippen LogP contribution in [0.15, 0.2) is 30.4 Å². The highest BCUT2D eigenvalue weighted by Crippen LogP contribution is 2.28. The van der Waals surface area contributed by atoms with Gasteiger partial charge in [-0.25, -0.2) is 4.98 Å². The first-order valence-corrected chi connectivity index (χ1v) is 15.3. The van der Waals surface area contributed by atoms with E-state index in [0.717, 1.165) is 47.6 Å². The van der Waals surface area contributed by atoms with E-state index in [1.165, 1.54) is 25.3 Å². The molecule has 3 heterocycles. The monoisotopic (exact) mass is 553 g/mol. The minimum absolute atomic E-state index is 0.0134. The lowest BCUT2D eigenvalue weighted by Crippen LogP contribution is -2.45. The van der Waals surface area contributed by atoms with Crippen molar-refractivity contribution in [3.05, 3.63) is 40.9 Å². The maximum atomic E-state index is 13.6. The van der Waals surface area contributed by atoms with Crippen LogP contribution >= 0.6 is 11.3 Å². The van der Waals surface area contributed by atoms with Crippen LogP contribution in [0.4, 0.5) is 0 Å². The number of fused-ring (bicyclic) bond motifs is 1. The van der Waals surface area contributed by atoms with Gasteiger partial charge in [0.1, 0.15) is 5.78 Å². The Bertz CT molecular complexity index is 1160. The van der Waals surface area contributed by atoms with E-state index in [4.69, 9.17) is 9.72 Å². The van der Waals surface area contributed by atoms with E-state index in [1.54, 1.807) is 11.3 Å². The van der Waals surface area contributed by atoms with Crippen LogP contribution in [0.5, 0.6) is 0 Å². The molecule has 2 aliphatic rings. The van der Waals surface area contributed by atoms with Gasteiger partial charge < -0.3 is 14.8 Å². The Hall–Kier alpha value is -2.42. The normalized spacial score (nSPS) is 18.2. The van der Waals surface area contributed by atoms with Gasteiger partial charge in [0.2, 0.25) is 5.91 Å². The average Bonchev–Trinajstić information content (AvgIpc) is 3.59. The van der Waals surface area contributed by atoms with Crippen molar-refractivity contribution < 1.29 is 19.1 Å². The number of nitrogens with one attached hydrogen (secondary N) is 1. The van der Waals surface area contributed by atoms with Gasteiger partial charge in [-0.2, -0.15) is 0 Å². The first-order chi connectivity index (χ1) is 18.8. The van der Waals surface area contributed by atoms with E-state index in [1.807, 2.05) is 6.07 Å². The van der Waals surface area contributed by atoms with Crippen molar-refractivity contribution in [2.45, 2.75) is 77.7 Å². The van der Waals surface area contributed by atoms with Gasteiger partial charge in [0.15, 0.2) is 5.78 Å². The number of hydrogen-bond donors (Lipinski definition) is 1. The predicted molar refractivity (Wildman–Crippen MR) is 156 cm³/mol. The Kier molecular flexibility index (Phi) is 10.8. The van der Waals surface area contributed by atoms with Crippen LogP contribution in [0.25, 0.3) is 10.2 Å². The molecule has 0 radical (unpaired) electrons. The second kappa shape index (κ2) is 14.3. The summed E-state index contributed by atoms with van der Waals surface area (Å²) in [4.78, 5) is 45.8. The molecule has 0 aliphatic carbocycles. The number of aromatic nitrogens is 1. The fourth-order valence-electron chi connectivity index (χ4n) is 5.75. The Balaban J connectivity index is 1.42. The van der Waals surface area contributed by atoms with E-state index in [-0.39, 0.29) is 35.9 Å². The van der Waals surface area contributed by atoms with Crippen molar-refractivity contribution in [1.82, 2.24) is 15.2 Å². The Labute approximate surface area is 236 Å². The van der Waals surface area contributed by atoms with E-state index in [2.05, 4.69) is 35.9 Å². The molecule has 8 heteroatoms. The van der Waals surface area contributed by atoms with Gasteiger partial charge in [0, 0.05) is 50.6 Å². The van der Waals surface area contributed by atoms with Crippen molar-refractivity contribution >= 4 is 39.0 Å². The van der Waals surface area contributed by atoms with Gasteiger partial charge in [-0.15, -0.1) is 11.3 Å². The number of benzene rings is 1. The van der Waals surface area contributed by atoms with Crippen LogP contribution in [0.1, 0.15) is 69.4 Å². The lowest BCUT2D eigenvalue weighted by Gasteiger charge is -2.32. The number of thiazole rings is 1. The van der Waals surface area contributed by atoms with Crippen LogP contribution in [-0.4, -0.2) is 66.2 Å². The van der Waals surface area contributed by atoms with Crippen molar-refractivity contribution in [3.63, 3.8) is 0 Å². The highest BCUT2D eigenvalue weighted by molar-refractivity contribution is 7.18. The summed E-state index contributed by atoms with van der Waals surface area (Å²) >= 11 is 1.60. The predicted octanol–water partition coefficient (Wildman–Crippen LogP) is 4.91. The number of Topliss-reactive ketones (excluding diaryl/α,β-unsaturated/α-hetero) is 2. The molecule has 0 saturated carbocycles. The van der Waals surface area contributed by atoms with Gasteiger partial charge in [-0.3, -0.25) is 14.5 Å². The maximum absolute atomic E-state index is 13.6. The topological polar surface area (TPSA) is 88.6 Å². The number of ketones is 2. The van der Waals surface area contributed by atoms with E-state index >= 15 is 0 Å². The van der Waals surface area contributed by atoms with Gasteiger partial charge in [-0.05, 0) is 82.2 Å². The number of carbonyl (C=O) groups excluding carboxylic acids is 3. The average molecular weight is 554 g/mol. The molecule has 4 rings (SSSR count). The fraction of sp³-hybridized carbons (Fsp3) is 0.613. The van der Waals surface area contributed by atoms with Crippen molar-refractivity contribution in [2.75, 3.05) is 32.8 Å². The molecule has 1 aromatic carbocycles. The molecule has 1 amide bonds. The third kappa shape index (κ3) is 8.53. The number of nitrogens with zero attached hydrogens (tertiary/aromatic N) is 2. The molecule has 7 nitrogen and oxygen atoms in total. The Morgan fingerprint density at radius 2 is 1.95 bits per heavy atom. The largest absolute Gasteiger partial charge is 0.381 e. The number of carbonyl (C=O) groups is 3. The zero-order valence-electron chi connectivity index (χ0n) is 23.5. The van der Waals surface area contributed by atoms with Gasteiger partial charge in [0.05, 0.1) is 21.1 Å². The first kappa shape index (κ1) is 29.6. The molecule has 212 valence electrons. The van der Waals surface area contributed by atoms with Crippen LogP contribution in [-0.2, 0) is 32.0 Å². The minimum Gasteiger partial charge on any atom is -0.381 e.